The zero-order valence-electron chi connectivity index (χ0n) is 17.4. The first kappa shape index (κ1) is 19.7. The van der Waals surface area contributed by atoms with Gasteiger partial charge < -0.3 is 10.1 Å². The molecule has 1 amide bonds. The van der Waals surface area contributed by atoms with Gasteiger partial charge in [-0.1, -0.05) is 6.07 Å². The summed E-state index contributed by atoms with van der Waals surface area (Å²) in [5.41, 5.74) is 5.08. The quantitative estimate of drug-likeness (QED) is 0.528. The fraction of sp³-hybridized carbons (Fsp3) is 0.696. The summed E-state index contributed by atoms with van der Waals surface area (Å²) in [5.74, 6) is 3.27. The van der Waals surface area contributed by atoms with Gasteiger partial charge in [0, 0.05) is 12.8 Å². The van der Waals surface area contributed by atoms with Gasteiger partial charge in [-0.25, -0.2) is 5.48 Å². The van der Waals surface area contributed by atoms with Crippen LogP contribution in [0, 0.1) is 24.7 Å². The number of ether oxygens (including phenoxy) is 1. The lowest BCUT2D eigenvalue weighted by Gasteiger charge is -2.60. The molecule has 0 radical (unpaired) electrons. The average Bonchev–Trinajstić information content (AvgIpc) is 2.65. The van der Waals surface area contributed by atoms with E-state index < -0.39 is 0 Å². The molecule has 4 fully saturated rings. The molecule has 4 aliphatic carbocycles. The van der Waals surface area contributed by atoms with E-state index in [4.69, 9.17) is 9.57 Å². The van der Waals surface area contributed by atoms with E-state index in [2.05, 4.69) is 35.9 Å². The third-order valence-electron chi connectivity index (χ3n) is 7.07. The smallest absolute Gasteiger partial charge is 0.240 e. The largest absolute Gasteiger partial charge is 0.494 e. The van der Waals surface area contributed by atoms with Crippen molar-refractivity contribution in [2.45, 2.75) is 63.9 Å². The first-order chi connectivity index (χ1) is 13.5. The Morgan fingerprint density at radius 3 is 2.64 bits per heavy atom. The van der Waals surface area contributed by atoms with Crippen LogP contribution in [-0.4, -0.2) is 31.7 Å². The molecule has 5 nitrogen and oxygen atoms in total. The molecule has 3 atom stereocenters. The summed E-state index contributed by atoms with van der Waals surface area (Å²) >= 11 is 0. The van der Waals surface area contributed by atoms with E-state index in [1.165, 1.54) is 37.3 Å². The molecule has 28 heavy (non-hydrogen) atoms. The molecule has 4 saturated carbocycles. The normalized spacial score (nSPS) is 33.1. The number of carbonyl (C=O) groups excluding carboxylic acids is 1. The van der Waals surface area contributed by atoms with Crippen LogP contribution in [0.25, 0.3) is 0 Å². The molecule has 1 aromatic carbocycles. The highest BCUT2D eigenvalue weighted by molar-refractivity contribution is 5.71. The van der Waals surface area contributed by atoms with Crippen LogP contribution in [0.15, 0.2) is 18.2 Å². The first-order valence-corrected chi connectivity index (χ1v) is 10.8. The summed E-state index contributed by atoms with van der Waals surface area (Å²) in [7, 11) is 1.96. The molecule has 4 aliphatic rings. The summed E-state index contributed by atoms with van der Waals surface area (Å²) in [6.07, 6.45) is 7.01. The minimum Gasteiger partial charge on any atom is -0.494 e. The molecule has 3 unspecified atom stereocenters. The minimum atomic E-state index is -0.268. The third kappa shape index (κ3) is 3.79. The summed E-state index contributed by atoms with van der Waals surface area (Å²) in [6, 6.07) is 6.50. The number of rotatable bonds is 8. The van der Waals surface area contributed by atoms with E-state index in [0.717, 1.165) is 50.0 Å². The van der Waals surface area contributed by atoms with Crippen molar-refractivity contribution in [1.29, 1.82) is 0 Å². The third-order valence-corrected chi connectivity index (χ3v) is 7.07. The Morgan fingerprint density at radius 2 is 1.96 bits per heavy atom. The lowest BCUT2D eigenvalue weighted by Crippen LogP contribution is -2.59. The maximum atomic E-state index is 11.6. The maximum absolute atomic E-state index is 11.6. The molecule has 5 heteroatoms. The SMILES string of the molecule is CNCCCOc1ccc(C)c(C2C3CC4CC(C3)CC2(ONC(C)=O)C4)c1. The van der Waals surface area contributed by atoms with E-state index in [9.17, 15) is 4.79 Å². The van der Waals surface area contributed by atoms with Crippen molar-refractivity contribution in [1.82, 2.24) is 10.8 Å². The van der Waals surface area contributed by atoms with Crippen molar-refractivity contribution < 1.29 is 14.4 Å². The van der Waals surface area contributed by atoms with E-state index >= 15 is 0 Å². The number of hydrogen-bond acceptors (Lipinski definition) is 4. The Morgan fingerprint density at radius 1 is 1.21 bits per heavy atom. The van der Waals surface area contributed by atoms with E-state index in [0.29, 0.717) is 11.8 Å². The topological polar surface area (TPSA) is 59.6 Å². The fourth-order valence-corrected chi connectivity index (χ4v) is 6.31. The molecule has 2 N–H and O–H groups in total. The highest BCUT2D eigenvalue weighted by atomic mass is 16.7. The van der Waals surface area contributed by atoms with Crippen LogP contribution >= 0.6 is 0 Å². The molecule has 0 saturated heterocycles. The van der Waals surface area contributed by atoms with Crippen molar-refractivity contribution in [3.05, 3.63) is 29.3 Å². The van der Waals surface area contributed by atoms with Crippen molar-refractivity contribution in [2.24, 2.45) is 17.8 Å². The zero-order valence-corrected chi connectivity index (χ0v) is 17.4. The van der Waals surface area contributed by atoms with Crippen LogP contribution < -0.4 is 15.5 Å². The lowest BCUT2D eigenvalue weighted by molar-refractivity contribution is -0.211. The highest BCUT2D eigenvalue weighted by Gasteiger charge is 2.59. The second-order valence-electron chi connectivity index (χ2n) is 9.23. The van der Waals surface area contributed by atoms with Gasteiger partial charge in [-0.05, 0) is 100 Å². The molecule has 0 aromatic heterocycles. The lowest BCUT2D eigenvalue weighted by atomic mass is 9.48. The van der Waals surface area contributed by atoms with Gasteiger partial charge in [0.05, 0.1) is 6.61 Å². The summed E-state index contributed by atoms with van der Waals surface area (Å²) in [6.45, 7) is 5.40. The number of hydroxylamine groups is 1. The van der Waals surface area contributed by atoms with Gasteiger partial charge in [0.25, 0.3) is 0 Å². The van der Waals surface area contributed by atoms with E-state index in [1.54, 1.807) is 0 Å². The van der Waals surface area contributed by atoms with E-state index in [1.807, 2.05) is 7.05 Å². The number of aryl methyl sites for hydroxylation is 1. The Labute approximate surface area is 168 Å². The monoisotopic (exact) mass is 386 g/mol. The predicted molar refractivity (Wildman–Crippen MR) is 109 cm³/mol. The fourth-order valence-electron chi connectivity index (χ4n) is 6.31. The average molecular weight is 387 g/mol. The summed E-state index contributed by atoms with van der Waals surface area (Å²) in [5, 5.41) is 3.16. The number of amides is 1. The number of benzene rings is 1. The van der Waals surface area contributed by atoms with Crippen LogP contribution in [0.1, 0.15) is 62.5 Å². The molecule has 4 bridgehead atoms. The van der Waals surface area contributed by atoms with Crippen LogP contribution in [0.5, 0.6) is 5.75 Å². The number of carbonyl (C=O) groups is 1. The molecule has 5 rings (SSSR count). The van der Waals surface area contributed by atoms with Gasteiger partial charge >= 0.3 is 0 Å². The van der Waals surface area contributed by atoms with Crippen LogP contribution in [-0.2, 0) is 9.63 Å². The summed E-state index contributed by atoms with van der Waals surface area (Å²) < 4.78 is 6.03. The Bertz CT molecular complexity index is 706. The van der Waals surface area contributed by atoms with Crippen molar-refractivity contribution in [2.75, 3.05) is 20.2 Å². The number of nitrogens with one attached hydrogen (secondary N) is 2. The molecule has 0 heterocycles. The Balaban J connectivity index is 1.61. The van der Waals surface area contributed by atoms with Crippen LogP contribution in [0.2, 0.25) is 0 Å². The maximum Gasteiger partial charge on any atom is 0.240 e. The molecular formula is C23H34N2O3. The van der Waals surface area contributed by atoms with Crippen molar-refractivity contribution in [3.8, 4) is 5.75 Å². The Hall–Kier alpha value is -1.59. The molecule has 0 spiro atoms. The van der Waals surface area contributed by atoms with Gasteiger partial charge in [0.1, 0.15) is 11.4 Å². The first-order valence-electron chi connectivity index (χ1n) is 10.8. The minimum absolute atomic E-state index is 0.118. The standard InChI is InChI=1S/C23H34N2O3/c1-15-5-6-20(27-8-4-7-24-3)12-21(15)22-19-10-17-9-18(11-19)14-23(22,13-17)28-25-16(2)26/h5-6,12,17-19,22,24H,4,7-11,13-14H2,1-3H3,(H,25,26). The molecule has 0 aliphatic heterocycles. The second-order valence-corrected chi connectivity index (χ2v) is 9.23. The summed E-state index contributed by atoms with van der Waals surface area (Å²) in [4.78, 5) is 17.8. The molecule has 1 aromatic rings. The highest BCUT2D eigenvalue weighted by Crippen LogP contribution is 2.63. The van der Waals surface area contributed by atoms with Crippen molar-refractivity contribution in [3.63, 3.8) is 0 Å². The number of hydrogen-bond donors (Lipinski definition) is 2. The van der Waals surface area contributed by atoms with Gasteiger partial charge in [-0.2, -0.15) is 0 Å². The molecular weight excluding hydrogens is 352 g/mol. The van der Waals surface area contributed by atoms with E-state index in [-0.39, 0.29) is 11.5 Å². The zero-order chi connectivity index (χ0) is 19.7. The van der Waals surface area contributed by atoms with Gasteiger partial charge in [-0.15, -0.1) is 0 Å². The van der Waals surface area contributed by atoms with Gasteiger partial charge in [0.2, 0.25) is 5.91 Å². The second kappa shape index (κ2) is 8.03. The predicted octanol–water partition coefficient (Wildman–Crippen LogP) is 3.71. The van der Waals surface area contributed by atoms with Crippen LogP contribution in [0.4, 0.5) is 0 Å². The molecule has 154 valence electrons. The van der Waals surface area contributed by atoms with Gasteiger partial charge in [0.15, 0.2) is 0 Å². The van der Waals surface area contributed by atoms with Crippen LogP contribution in [0.3, 0.4) is 0 Å². The Kier molecular flexibility index (Phi) is 5.66. The van der Waals surface area contributed by atoms with Crippen molar-refractivity contribution >= 4 is 5.91 Å². The van der Waals surface area contributed by atoms with Gasteiger partial charge in [-0.3, -0.25) is 9.63 Å².